The normalized spacial score (nSPS) is 33.1. The number of piperidine rings is 1. The Morgan fingerprint density at radius 1 is 0.853 bits per heavy atom. The SMILES string of the molecule is C[N+]1([C@@H]2O[C@H](C(=O)O)[C@@H](O)[C@H](O)[C@H]2O)CCC(=C2c3ccccc3C=Cc3ccccc32)CC1. The van der Waals surface area contributed by atoms with Crippen LogP contribution in [0.5, 0.6) is 0 Å². The second-order valence-corrected chi connectivity index (χ2v) is 9.67. The van der Waals surface area contributed by atoms with Crippen molar-refractivity contribution in [1.29, 1.82) is 0 Å². The third-order valence-corrected chi connectivity index (χ3v) is 7.55. The molecule has 7 heteroatoms. The number of nitrogens with zero attached hydrogens (tertiary/aromatic N) is 1. The highest BCUT2D eigenvalue weighted by Gasteiger charge is 2.54. The van der Waals surface area contributed by atoms with Crippen molar-refractivity contribution in [2.75, 3.05) is 20.1 Å². The minimum atomic E-state index is -1.68. The third-order valence-electron chi connectivity index (χ3n) is 7.55. The van der Waals surface area contributed by atoms with Gasteiger partial charge >= 0.3 is 5.97 Å². The van der Waals surface area contributed by atoms with Crippen LogP contribution in [0.2, 0.25) is 0 Å². The van der Waals surface area contributed by atoms with E-state index in [0.717, 1.165) is 24.0 Å². The van der Waals surface area contributed by atoms with Gasteiger partial charge in [0.1, 0.15) is 12.2 Å². The number of carboxylic acid groups (broad SMARTS) is 1. The standard InChI is InChI=1S/C27H29NO6/c1-28(26-24(31)22(29)23(30)25(34-26)27(32)33)14-12-18(13-15-28)21-19-8-4-2-6-16(19)10-11-17-7-3-5-9-20(17)21/h2-11,22-26,29-31H,12-15H2,1H3/p+1/t22-,23-,24+,25-,26+/m0/s1. The van der Waals surface area contributed by atoms with Gasteiger partial charge in [-0.1, -0.05) is 66.3 Å². The number of aliphatic hydroxyl groups excluding tert-OH is 3. The molecule has 0 saturated carbocycles. The Balaban J connectivity index is 1.49. The van der Waals surface area contributed by atoms with Gasteiger partial charge in [-0.05, 0) is 27.8 Å². The van der Waals surface area contributed by atoms with Crippen LogP contribution in [0.3, 0.4) is 0 Å². The van der Waals surface area contributed by atoms with Crippen LogP contribution in [0.25, 0.3) is 17.7 Å². The number of rotatable bonds is 2. The monoisotopic (exact) mass is 464 g/mol. The van der Waals surface area contributed by atoms with Crippen molar-refractivity contribution < 1.29 is 34.4 Å². The van der Waals surface area contributed by atoms with E-state index in [1.165, 1.54) is 22.3 Å². The maximum atomic E-state index is 11.6. The zero-order valence-electron chi connectivity index (χ0n) is 19.0. The zero-order valence-corrected chi connectivity index (χ0v) is 19.0. The minimum Gasteiger partial charge on any atom is -0.479 e. The number of carbonyl (C=O) groups is 1. The summed E-state index contributed by atoms with van der Waals surface area (Å²) < 4.78 is 5.94. The van der Waals surface area contributed by atoms with Gasteiger partial charge < -0.3 is 25.2 Å². The molecule has 2 aliphatic heterocycles. The fourth-order valence-corrected chi connectivity index (χ4v) is 5.55. The fraction of sp³-hybridized carbons (Fsp3) is 0.370. The van der Waals surface area contributed by atoms with Gasteiger partial charge in [0.2, 0.25) is 6.23 Å². The van der Waals surface area contributed by atoms with E-state index in [0.29, 0.717) is 13.1 Å². The summed E-state index contributed by atoms with van der Waals surface area (Å²) in [5.41, 5.74) is 7.24. The smallest absolute Gasteiger partial charge is 0.335 e. The van der Waals surface area contributed by atoms with Gasteiger partial charge in [-0.15, -0.1) is 0 Å². The molecule has 2 fully saturated rings. The molecular weight excluding hydrogens is 434 g/mol. The van der Waals surface area contributed by atoms with Crippen molar-refractivity contribution in [2.45, 2.75) is 43.5 Å². The first-order valence-corrected chi connectivity index (χ1v) is 11.7. The van der Waals surface area contributed by atoms with E-state index < -0.39 is 36.6 Å². The predicted molar refractivity (Wildman–Crippen MR) is 127 cm³/mol. The number of likely N-dealkylation sites (N-methyl/N-ethyl adjacent to an activating group) is 1. The summed E-state index contributed by atoms with van der Waals surface area (Å²) in [6.07, 6.45) is -1.40. The first-order valence-electron chi connectivity index (χ1n) is 11.7. The first-order chi connectivity index (χ1) is 16.3. The number of aliphatic hydroxyl groups is 3. The van der Waals surface area contributed by atoms with E-state index in [2.05, 4.69) is 48.6 Å². The number of benzene rings is 2. The van der Waals surface area contributed by atoms with E-state index in [-0.39, 0.29) is 4.48 Å². The zero-order chi connectivity index (χ0) is 24.0. The number of hydrogen-bond donors (Lipinski definition) is 4. The number of likely N-dealkylation sites (tertiary alicyclic amines) is 1. The summed E-state index contributed by atoms with van der Waals surface area (Å²) in [5.74, 6) is -1.35. The third kappa shape index (κ3) is 3.79. The van der Waals surface area contributed by atoms with Crippen molar-refractivity contribution in [2.24, 2.45) is 0 Å². The highest BCUT2D eigenvalue weighted by molar-refractivity contribution is 5.94. The van der Waals surface area contributed by atoms with Crippen LogP contribution in [-0.2, 0) is 9.53 Å². The van der Waals surface area contributed by atoms with E-state index in [4.69, 9.17) is 4.74 Å². The van der Waals surface area contributed by atoms with Gasteiger partial charge in [0.05, 0.1) is 20.1 Å². The van der Waals surface area contributed by atoms with Crippen LogP contribution in [0, 0.1) is 0 Å². The molecule has 7 nitrogen and oxygen atoms in total. The highest BCUT2D eigenvalue weighted by atomic mass is 16.6. The summed E-state index contributed by atoms with van der Waals surface area (Å²) >= 11 is 0. The lowest BCUT2D eigenvalue weighted by Gasteiger charge is -2.50. The van der Waals surface area contributed by atoms with Gasteiger partial charge in [0, 0.05) is 12.8 Å². The fourth-order valence-electron chi connectivity index (χ4n) is 5.55. The quantitative estimate of drug-likeness (QED) is 0.433. The molecule has 5 atom stereocenters. The first kappa shape index (κ1) is 23.0. The lowest BCUT2D eigenvalue weighted by Crippen LogP contribution is -2.70. The largest absolute Gasteiger partial charge is 0.479 e. The highest BCUT2D eigenvalue weighted by Crippen LogP contribution is 2.40. The molecule has 1 aliphatic carbocycles. The Morgan fingerprint density at radius 2 is 1.38 bits per heavy atom. The van der Waals surface area contributed by atoms with Crippen molar-refractivity contribution in [3.63, 3.8) is 0 Å². The molecule has 3 aliphatic rings. The topological polar surface area (TPSA) is 107 Å². The Labute approximate surface area is 198 Å². The molecule has 34 heavy (non-hydrogen) atoms. The van der Waals surface area contributed by atoms with Crippen LogP contribution in [0.1, 0.15) is 35.1 Å². The summed E-state index contributed by atoms with van der Waals surface area (Å²) in [4.78, 5) is 11.6. The van der Waals surface area contributed by atoms with Gasteiger partial charge in [0.25, 0.3) is 0 Å². The number of ether oxygens (including phenoxy) is 1. The van der Waals surface area contributed by atoms with Crippen LogP contribution in [-0.4, -0.2) is 81.7 Å². The van der Waals surface area contributed by atoms with Crippen LogP contribution in [0.4, 0.5) is 0 Å². The van der Waals surface area contributed by atoms with E-state index >= 15 is 0 Å². The molecule has 0 unspecified atom stereocenters. The molecule has 2 heterocycles. The maximum Gasteiger partial charge on any atom is 0.335 e. The molecule has 5 rings (SSSR count). The molecule has 2 aromatic carbocycles. The van der Waals surface area contributed by atoms with Gasteiger partial charge in [0.15, 0.2) is 12.2 Å². The van der Waals surface area contributed by atoms with Crippen LogP contribution in [0.15, 0.2) is 54.1 Å². The molecular formula is C27H30NO6+. The van der Waals surface area contributed by atoms with Crippen molar-refractivity contribution in [3.8, 4) is 0 Å². The van der Waals surface area contributed by atoms with Gasteiger partial charge in [-0.3, -0.25) is 4.48 Å². The van der Waals surface area contributed by atoms with Crippen LogP contribution >= 0.6 is 0 Å². The molecule has 0 aromatic heterocycles. The van der Waals surface area contributed by atoms with Crippen molar-refractivity contribution >= 4 is 23.7 Å². The Kier molecular flexibility index (Phi) is 5.91. The summed E-state index contributed by atoms with van der Waals surface area (Å²) in [7, 11) is 1.91. The van der Waals surface area contributed by atoms with Crippen LogP contribution < -0.4 is 0 Å². The number of carboxylic acids is 1. The average Bonchev–Trinajstić information content (AvgIpc) is 3.00. The van der Waals surface area contributed by atoms with Crippen molar-refractivity contribution in [1.82, 2.24) is 0 Å². The lowest BCUT2D eigenvalue weighted by atomic mass is 9.85. The molecule has 0 radical (unpaired) electrons. The Bertz CT molecular complexity index is 1110. The summed E-state index contributed by atoms with van der Waals surface area (Å²) in [5, 5.41) is 40.5. The van der Waals surface area contributed by atoms with E-state index in [1.807, 2.05) is 19.2 Å². The molecule has 2 aromatic rings. The summed E-state index contributed by atoms with van der Waals surface area (Å²) in [6, 6.07) is 16.7. The molecule has 4 N–H and O–H groups in total. The molecule has 0 amide bonds. The number of aliphatic carboxylic acids is 1. The predicted octanol–water partition coefficient (Wildman–Crippen LogP) is 2.10. The second-order valence-electron chi connectivity index (χ2n) is 9.67. The van der Waals surface area contributed by atoms with Gasteiger partial charge in [-0.2, -0.15) is 0 Å². The lowest BCUT2D eigenvalue weighted by molar-refractivity contribution is -0.963. The molecule has 2 saturated heterocycles. The Morgan fingerprint density at radius 3 is 1.91 bits per heavy atom. The Hall–Kier alpha value is -2.81. The number of hydrogen-bond acceptors (Lipinski definition) is 5. The van der Waals surface area contributed by atoms with E-state index in [9.17, 15) is 25.2 Å². The van der Waals surface area contributed by atoms with E-state index in [1.54, 1.807) is 0 Å². The summed E-state index contributed by atoms with van der Waals surface area (Å²) in [6.45, 7) is 1.21. The molecule has 0 spiro atoms. The minimum absolute atomic E-state index is 0.257. The number of quaternary nitrogens is 1. The molecule has 178 valence electrons. The maximum absolute atomic E-state index is 11.6. The number of fused-ring (bicyclic) bond motifs is 2. The second kappa shape index (κ2) is 8.76. The van der Waals surface area contributed by atoms with Gasteiger partial charge in [-0.25, -0.2) is 4.79 Å². The average molecular weight is 465 g/mol. The van der Waals surface area contributed by atoms with Crippen molar-refractivity contribution in [3.05, 3.63) is 76.4 Å². The molecule has 0 bridgehead atoms.